The summed E-state index contributed by atoms with van der Waals surface area (Å²) in [5.41, 5.74) is 0. The average molecular weight is 422 g/mol. The van der Waals surface area contributed by atoms with Gasteiger partial charge in [-0.2, -0.15) is 0 Å². The SMILES string of the molecule is O=P(O)(O)O[C@@H]1[C@H](O)[C@@H](F)[C@@H](OP(=O)(O)O)[C@H](OP(=O)(O)O)[C@H]1O. The van der Waals surface area contributed by atoms with Gasteiger partial charge in [-0.05, 0) is 0 Å². The van der Waals surface area contributed by atoms with Crippen LogP contribution in [-0.2, 0) is 27.3 Å². The monoisotopic (exact) mass is 422 g/mol. The number of hydrogen-bond acceptors (Lipinski definition) is 8. The van der Waals surface area contributed by atoms with E-state index in [1.165, 1.54) is 0 Å². The third-order valence-electron chi connectivity index (χ3n) is 2.75. The Morgan fingerprint density at radius 3 is 1.33 bits per heavy atom. The molecule has 1 saturated carbocycles. The van der Waals surface area contributed by atoms with E-state index in [4.69, 9.17) is 29.4 Å². The molecular weight excluding hydrogens is 408 g/mol. The molecule has 0 saturated heterocycles. The Morgan fingerprint density at radius 2 is 0.958 bits per heavy atom. The van der Waals surface area contributed by atoms with Crippen LogP contribution in [0.2, 0.25) is 0 Å². The molecule has 6 atom stereocenters. The van der Waals surface area contributed by atoms with Crippen molar-refractivity contribution in [3.63, 3.8) is 0 Å². The van der Waals surface area contributed by atoms with Crippen molar-refractivity contribution in [2.45, 2.75) is 36.7 Å². The molecule has 0 aliphatic heterocycles. The largest absolute Gasteiger partial charge is 0.470 e. The summed E-state index contributed by atoms with van der Waals surface area (Å²) in [5.74, 6) is 0. The van der Waals surface area contributed by atoms with Gasteiger partial charge in [0.2, 0.25) is 0 Å². The molecule has 1 rings (SSSR count). The minimum absolute atomic E-state index is 2.45. The quantitative estimate of drug-likeness (QED) is 0.206. The normalized spacial score (nSPS) is 35.9. The van der Waals surface area contributed by atoms with E-state index in [1.54, 1.807) is 0 Å². The molecule has 14 nitrogen and oxygen atoms in total. The van der Waals surface area contributed by atoms with E-state index in [9.17, 15) is 28.3 Å². The molecular formula is C6H14FO14P3. The minimum Gasteiger partial charge on any atom is -0.387 e. The topological polar surface area (TPSA) is 241 Å². The average Bonchev–Trinajstić information content (AvgIpc) is 2.32. The van der Waals surface area contributed by atoms with Crippen LogP contribution in [0.5, 0.6) is 0 Å². The highest BCUT2D eigenvalue weighted by atomic mass is 31.2. The molecule has 1 aliphatic carbocycles. The van der Waals surface area contributed by atoms with Gasteiger partial charge in [0, 0.05) is 0 Å². The summed E-state index contributed by atoms with van der Waals surface area (Å²) in [4.78, 5) is 52.1. The van der Waals surface area contributed by atoms with Crippen LogP contribution >= 0.6 is 23.5 Å². The fourth-order valence-electron chi connectivity index (χ4n) is 1.98. The van der Waals surface area contributed by atoms with E-state index in [-0.39, 0.29) is 0 Å². The van der Waals surface area contributed by atoms with E-state index in [2.05, 4.69) is 13.6 Å². The van der Waals surface area contributed by atoms with Crippen molar-refractivity contribution in [3.8, 4) is 0 Å². The second-order valence-electron chi connectivity index (χ2n) is 4.61. The lowest BCUT2D eigenvalue weighted by Gasteiger charge is -2.43. The van der Waals surface area contributed by atoms with Gasteiger partial charge in [-0.3, -0.25) is 13.6 Å². The predicted octanol–water partition coefficient (Wildman–Crippen LogP) is -2.51. The van der Waals surface area contributed by atoms with Crippen LogP contribution in [0.4, 0.5) is 4.39 Å². The molecule has 0 aromatic carbocycles. The van der Waals surface area contributed by atoms with Gasteiger partial charge in [0.15, 0.2) is 6.17 Å². The Bertz CT molecular complexity index is 579. The molecule has 1 fully saturated rings. The van der Waals surface area contributed by atoms with Crippen LogP contribution in [-0.4, -0.2) is 76.3 Å². The predicted molar refractivity (Wildman–Crippen MR) is 67.7 cm³/mol. The van der Waals surface area contributed by atoms with E-state index in [0.717, 1.165) is 0 Å². The summed E-state index contributed by atoms with van der Waals surface area (Å²) >= 11 is 0. The lowest BCUT2D eigenvalue weighted by molar-refractivity contribution is -0.195. The second kappa shape index (κ2) is 7.43. The number of halogens is 1. The van der Waals surface area contributed by atoms with Gasteiger partial charge in [0.25, 0.3) is 0 Å². The number of aliphatic hydroxyl groups excluding tert-OH is 2. The summed E-state index contributed by atoms with van der Waals surface area (Å²) in [7, 11) is -16.4. The van der Waals surface area contributed by atoms with Crippen molar-refractivity contribution in [2.75, 3.05) is 0 Å². The highest BCUT2D eigenvalue weighted by Crippen LogP contribution is 2.49. The maximum Gasteiger partial charge on any atom is 0.470 e. The van der Waals surface area contributed by atoms with Gasteiger partial charge in [-0.15, -0.1) is 0 Å². The van der Waals surface area contributed by atoms with Crippen LogP contribution in [0.15, 0.2) is 0 Å². The molecule has 0 bridgehead atoms. The van der Waals surface area contributed by atoms with Crippen LogP contribution in [0.3, 0.4) is 0 Å². The Balaban J connectivity index is 3.23. The summed E-state index contributed by atoms with van der Waals surface area (Å²) in [6, 6.07) is 0. The maximum absolute atomic E-state index is 14.1. The molecule has 1 aliphatic rings. The van der Waals surface area contributed by atoms with Crippen molar-refractivity contribution in [1.29, 1.82) is 0 Å². The molecule has 0 unspecified atom stereocenters. The smallest absolute Gasteiger partial charge is 0.387 e. The molecule has 24 heavy (non-hydrogen) atoms. The van der Waals surface area contributed by atoms with Crippen LogP contribution in [0.1, 0.15) is 0 Å². The van der Waals surface area contributed by atoms with Gasteiger partial charge in [0.1, 0.15) is 30.5 Å². The first-order valence-corrected chi connectivity index (χ1v) is 10.3. The lowest BCUT2D eigenvalue weighted by Crippen LogP contribution is -2.63. The summed E-state index contributed by atoms with van der Waals surface area (Å²) in [5, 5.41) is 19.4. The van der Waals surface area contributed by atoms with Crippen molar-refractivity contribution in [3.05, 3.63) is 0 Å². The molecule has 8 N–H and O–H groups in total. The van der Waals surface area contributed by atoms with E-state index in [1.807, 2.05) is 0 Å². The van der Waals surface area contributed by atoms with Gasteiger partial charge >= 0.3 is 23.5 Å². The number of aliphatic hydroxyl groups is 2. The van der Waals surface area contributed by atoms with Crippen LogP contribution < -0.4 is 0 Å². The van der Waals surface area contributed by atoms with Crippen LogP contribution in [0, 0.1) is 0 Å². The number of hydrogen-bond donors (Lipinski definition) is 8. The minimum atomic E-state index is -5.49. The first-order chi connectivity index (χ1) is 10.5. The van der Waals surface area contributed by atoms with Crippen LogP contribution in [0.25, 0.3) is 0 Å². The molecule has 0 aromatic rings. The van der Waals surface area contributed by atoms with Gasteiger partial charge < -0.3 is 39.6 Å². The second-order valence-corrected chi connectivity index (χ2v) is 8.18. The summed E-state index contributed by atoms with van der Waals surface area (Å²) in [6.45, 7) is 0. The maximum atomic E-state index is 14.1. The Morgan fingerprint density at radius 1 is 0.625 bits per heavy atom. The van der Waals surface area contributed by atoms with Crippen molar-refractivity contribution >= 4 is 23.5 Å². The molecule has 144 valence electrons. The van der Waals surface area contributed by atoms with E-state index >= 15 is 0 Å². The van der Waals surface area contributed by atoms with Crippen molar-refractivity contribution in [1.82, 2.24) is 0 Å². The number of phosphoric ester groups is 3. The molecule has 18 heteroatoms. The zero-order valence-electron chi connectivity index (χ0n) is 11.2. The summed E-state index contributed by atoms with van der Waals surface area (Å²) < 4.78 is 58.4. The summed E-state index contributed by atoms with van der Waals surface area (Å²) in [6.07, 6.45) is -15.6. The van der Waals surface area contributed by atoms with E-state index in [0.29, 0.717) is 0 Å². The van der Waals surface area contributed by atoms with Gasteiger partial charge in [0.05, 0.1) is 0 Å². The first-order valence-electron chi connectivity index (χ1n) is 5.74. The van der Waals surface area contributed by atoms with Gasteiger partial charge in [-0.25, -0.2) is 18.1 Å². The van der Waals surface area contributed by atoms with E-state index < -0.39 is 60.2 Å². The lowest BCUT2D eigenvalue weighted by atomic mass is 9.86. The van der Waals surface area contributed by atoms with Crippen molar-refractivity contribution in [2.24, 2.45) is 0 Å². The third kappa shape index (κ3) is 6.48. The fraction of sp³-hybridized carbons (Fsp3) is 1.00. The molecule has 0 spiro atoms. The van der Waals surface area contributed by atoms with Crippen molar-refractivity contribution < 1.29 is 71.2 Å². The number of phosphoric acid groups is 3. The third-order valence-corrected chi connectivity index (χ3v) is 4.30. The molecule has 0 heterocycles. The highest BCUT2D eigenvalue weighted by Gasteiger charge is 2.57. The molecule has 0 amide bonds. The number of rotatable bonds is 6. The first kappa shape index (κ1) is 22.2. The Kier molecular flexibility index (Phi) is 6.88. The fourth-order valence-corrected chi connectivity index (χ4v) is 3.66. The Hall–Kier alpha value is 0.180. The Labute approximate surface area is 132 Å². The highest BCUT2D eigenvalue weighted by molar-refractivity contribution is 7.46. The molecule has 0 radical (unpaired) electrons. The molecule has 0 aromatic heterocycles. The zero-order valence-corrected chi connectivity index (χ0v) is 13.9. The van der Waals surface area contributed by atoms with Gasteiger partial charge in [-0.1, -0.05) is 0 Å². The number of alkyl halides is 1. The standard InChI is InChI=1S/C6H14FO14P3/c7-1-2(8)5(20-23(13,14)15)3(9)6(21-24(16,17)18)4(1)19-22(10,11)12/h1-6,8-9H,(H2,10,11,12)(H2,13,14,15)(H2,16,17,18)/t1-,2-,3+,4-,5-,6-/m1/s1. The zero-order chi connectivity index (χ0) is 19.1.